The largest absolute Gasteiger partial charge is 0.370 e. The highest BCUT2D eigenvalue weighted by Crippen LogP contribution is 2.16. The van der Waals surface area contributed by atoms with E-state index in [2.05, 4.69) is 5.32 Å². The molecule has 0 saturated heterocycles. The molecule has 0 heterocycles. The summed E-state index contributed by atoms with van der Waals surface area (Å²) in [5.41, 5.74) is 12.2. The SMILES string of the molecule is Cc1cc(C(N)=O)ccc1NC(=O)COCCN. The third-order valence-electron chi connectivity index (χ3n) is 2.28. The molecule has 6 nitrogen and oxygen atoms in total. The van der Waals surface area contributed by atoms with Crippen LogP contribution in [0.15, 0.2) is 18.2 Å². The predicted molar refractivity (Wildman–Crippen MR) is 68.2 cm³/mol. The van der Waals surface area contributed by atoms with Gasteiger partial charge in [-0.2, -0.15) is 0 Å². The number of nitrogens with two attached hydrogens (primary N) is 2. The van der Waals surface area contributed by atoms with Crippen LogP contribution in [-0.4, -0.2) is 31.6 Å². The molecule has 0 saturated carbocycles. The van der Waals surface area contributed by atoms with Gasteiger partial charge in [0, 0.05) is 17.8 Å². The van der Waals surface area contributed by atoms with E-state index in [-0.39, 0.29) is 12.5 Å². The molecule has 0 bridgehead atoms. The zero-order valence-electron chi connectivity index (χ0n) is 10.2. The molecule has 0 aliphatic carbocycles. The summed E-state index contributed by atoms with van der Waals surface area (Å²) < 4.78 is 5.01. The zero-order chi connectivity index (χ0) is 13.5. The number of aryl methyl sites for hydroxylation is 1. The molecule has 98 valence electrons. The first kappa shape index (κ1) is 14.1. The second-order valence-corrected chi connectivity index (χ2v) is 3.78. The number of carbonyl (C=O) groups is 2. The summed E-state index contributed by atoms with van der Waals surface area (Å²) in [5.74, 6) is -0.763. The molecule has 1 aromatic carbocycles. The molecule has 0 aliphatic heterocycles. The molecule has 1 aromatic rings. The summed E-state index contributed by atoms with van der Waals surface area (Å²) in [5, 5.41) is 2.68. The number of carbonyl (C=O) groups excluding carboxylic acids is 2. The van der Waals surface area contributed by atoms with E-state index in [4.69, 9.17) is 16.2 Å². The average molecular weight is 251 g/mol. The van der Waals surface area contributed by atoms with Crippen molar-refractivity contribution in [2.24, 2.45) is 11.5 Å². The number of hydrogen-bond donors (Lipinski definition) is 3. The Labute approximate surface area is 105 Å². The predicted octanol–water partition coefficient (Wildman–Crippen LogP) is 0.00772. The van der Waals surface area contributed by atoms with E-state index in [1.54, 1.807) is 25.1 Å². The Balaban J connectivity index is 2.62. The van der Waals surface area contributed by atoms with Crippen LogP contribution in [0.4, 0.5) is 5.69 Å². The summed E-state index contributed by atoms with van der Waals surface area (Å²) in [6.45, 7) is 2.45. The van der Waals surface area contributed by atoms with Crippen LogP contribution < -0.4 is 16.8 Å². The Morgan fingerprint density at radius 2 is 2.11 bits per heavy atom. The highest BCUT2D eigenvalue weighted by atomic mass is 16.5. The van der Waals surface area contributed by atoms with E-state index in [1.165, 1.54) is 0 Å². The highest BCUT2D eigenvalue weighted by Gasteiger charge is 2.07. The fourth-order valence-corrected chi connectivity index (χ4v) is 1.39. The molecule has 0 unspecified atom stereocenters. The van der Waals surface area contributed by atoms with Gasteiger partial charge in [-0.05, 0) is 30.7 Å². The lowest BCUT2D eigenvalue weighted by molar-refractivity contribution is -0.120. The lowest BCUT2D eigenvalue weighted by Crippen LogP contribution is -2.21. The maximum absolute atomic E-state index is 11.5. The van der Waals surface area contributed by atoms with Crippen molar-refractivity contribution in [3.8, 4) is 0 Å². The minimum atomic E-state index is -0.498. The number of amides is 2. The van der Waals surface area contributed by atoms with Crippen molar-refractivity contribution in [2.75, 3.05) is 25.1 Å². The Bertz CT molecular complexity index is 446. The van der Waals surface area contributed by atoms with Crippen LogP contribution in [0.1, 0.15) is 15.9 Å². The van der Waals surface area contributed by atoms with Gasteiger partial charge in [-0.1, -0.05) is 0 Å². The molecule has 18 heavy (non-hydrogen) atoms. The number of rotatable bonds is 6. The van der Waals surface area contributed by atoms with Gasteiger partial charge >= 0.3 is 0 Å². The summed E-state index contributed by atoms with van der Waals surface area (Å²) in [6.07, 6.45) is 0. The van der Waals surface area contributed by atoms with Crippen molar-refractivity contribution in [1.29, 1.82) is 0 Å². The van der Waals surface area contributed by atoms with E-state index in [0.717, 1.165) is 5.56 Å². The average Bonchev–Trinajstić information content (AvgIpc) is 2.32. The summed E-state index contributed by atoms with van der Waals surface area (Å²) in [7, 11) is 0. The highest BCUT2D eigenvalue weighted by molar-refractivity contribution is 5.96. The van der Waals surface area contributed by atoms with Crippen molar-refractivity contribution < 1.29 is 14.3 Å². The van der Waals surface area contributed by atoms with E-state index in [9.17, 15) is 9.59 Å². The number of ether oxygens (including phenoxy) is 1. The minimum absolute atomic E-state index is 0.0474. The van der Waals surface area contributed by atoms with E-state index in [0.29, 0.717) is 24.4 Å². The van der Waals surface area contributed by atoms with Crippen LogP contribution in [0.3, 0.4) is 0 Å². The fourth-order valence-electron chi connectivity index (χ4n) is 1.39. The van der Waals surface area contributed by atoms with Gasteiger partial charge in [-0.3, -0.25) is 9.59 Å². The van der Waals surface area contributed by atoms with Gasteiger partial charge in [0.1, 0.15) is 6.61 Å². The zero-order valence-corrected chi connectivity index (χ0v) is 10.2. The van der Waals surface area contributed by atoms with E-state index in [1.807, 2.05) is 0 Å². The fraction of sp³-hybridized carbons (Fsp3) is 0.333. The summed E-state index contributed by atoms with van der Waals surface area (Å²) in [6, 6.07) is 4.82. The van der Waals surface area contributed by atoms with Gasteiger partial charge in [0.05, 0.1) is 6.61 Å². The van der Waals surface area contributed by atoms with Gasteiger partial charge in [0.25, 0.3) is 0 Å². The number of nitrogens with one attached hydrogen (secondary N) is 1. The molecule has 0 aromatic heterocycles. The molecule has 2 amide bonds. The van der Waals surface area contributed by atoms with Crippen LogP contribution in [0.25, 0.3) is 0 Å². The Hall–Kier alpha value is -1.92. The Morgan fingerprint density at radius 3 is 2.67 bits per heavy atom. The lowest BCUT2D eigenvalue weighted by Gasteiger charge is -2.09. The normalized spacial score (nSPS) is 10.1. The van der Waals surface area contributed by atoms with Crippen molar-refractivity contribution in [2.45, 2.75) is 6.92 Å². The first-order chi connectivity index (χ1) is 8.54. The number of benzene rings is 1. The second kappa shape index (κ2) is 6.73. The maximum Gasteiger partial charge on any atom is 0.250 e. The topological polar surface area (TPSA) is 107 Å². The quantitative estimate of drug-likeness (QED) is 0.619. The van der Waals surface area contributed by atoms with Crippen molar-refractivity contribution in [3.63, 3.8) is 0 Å². The minimum Gasteiger partial charge on any atom is -0.370 e. The molecule has 0 atom stereocenters. The van der Waals surface area contributed by atoms with Crippen LogP contribution in [0.5, 0.6) is 0 Å². The molecule has 0 fully saturated rings. The molecule has 1 rings (SSSR count). The van der Waals surface area contributed by atoms with Gasteiger partial charge < -0.3 is 21.5 Å². The number of primary amides is 1. The van der Waals surface area contributed by atoms with Crippen LogP contribution in [0, 0.1) is 6.92 Å². The maximum atomic E-state index is 11.5. The molecule has 0 spiro atoms. The monoisotopic (exact) mass is 251 g/mol. The Morgan fingerprint density at radius 1 is 1.39 bits per heavy atom. The van der Waals surface area contributed by atoms with Crippen LogP contribution in [0.2, 0.25) is 0 Å². The molecule has 5 N–H and O–H groups in total. The van der Waals surface area contributed by atoms with Crippen LogP contribution in [-0.2, 0) is 9.53 Å². The number of anilines is 1. The van der Waals surface area contributed by atoms with Gasteiger partial charge in [0.15, 0.2) is 0 Å². The molecular formula is C12H17N3O3. The third kappa shape index (κ3) is 4.15. The van der Waals surface area contributed by atoms with E-state index >= 15 is 0 Å². The first-order valence-electron chi connectivity index (χ1n) is 5.52. The lowest BCUT2D eigenvalue weighted by atomic mass is 10.1. The molecular weight excluding hydrogens is 234 g/mol. The van der Waals surface area contributed by atoms with Crippen molar-refractivity contribution >= 4 is 17.5 Å². The Kier molecular flexibility index (Phi) is 5.29. The van der Waals surface area contributed by atoms with Gasteiger partial charge in [-0.25, -0.2) is 0 Å². The number of hydrogen-bond acceptors (Lipinski definition) is 4. The first-order valence-corrected chi connectivity index (χ1v) is 5.52. The standard InChI is InChI=1S/C12H17N3O3/c1-8-6-9(12(14)17)2-3-10(8)15-11(16)7-18-5-4-13/h2-3,6H,4-5,7,13H2,1H3,(H2,14,17)(H,15,16). The second-order valence-electron chi connectivity index (χ2n) is 3.78. The molecule has 6 heteroatoms. The summed E-state index contributed by atoms with van der Waals surface area (Å²) >= 11 is 0. The molecule has 0 radical (unpaired) electrons. The summed E-state index contributed by atoms with van der Waals surface area (Å²) in [4.78, 5) is 22.5. The van der Waals surface area contributed by atoms with Gasteiger partial charge in [-0.15, -0.1) is 0 Å². The van der Waals surface area contributed by atoms with Crippen molar-refractivity contribution in [3.05, 3.63) is 29.3 Å². The van der Waals surface area contributed by atoms with Crippen molar-refractivity contribution in [1.82, 2.24) is 0 Å². The smallest absolute Gasteiger partial charge is 0.250 e. The van der Waals surface area contributed by atoms with Gasteiger partial charge in [0.2, 0.25) is 11.8 Å². The van der Waals surface area contributed by atoms with E-state index < -0.39 is 5.91 Å². The van der Waals surface area contributed by atoms with Crippen LogP contribution >= 0.6 is 0 Å². The molecule has 0 aliphatic rings. The third-order valence-corrected chi connectivity index (χ3v) is 2.28.